The average molecular weight is 575 g/mol. The number of carbonyl (C=O) groups is 2. The van der Waals surface area contributed by atoms with Gasteiger partial charge in [-0.25, -0.2) is 4.39 Å². The van der Waals surface area contributed by atoms with Crippen molar-refractivity contribution in [2.24, 2.45) is 0 Å². The van der Waals surface area contributed by atoms with Crippen LogP contribution in [0.4, 0.5) is 10.1 Å². The zero-order valence-corrected chi connectivity index (χ0v) is 21.4. The molecule has 0 bridgehead atoms. The smallest absolute Gasteiger partial charge is 0.251 e. The monoisotopic (exact) mass is 573 g/mol. The van der Waals surface area contributed by atoms with Crippen LogP contribution < -0.4 is 10.6 Å². The molecule has 3 rings (SSSR count). The van der Waals surface area contributed by atoms with Crippen LogP contribution >= 0.6 is 50.9 Å². The minimum absolute atomic E-state index is 0.0116. The van der Waals surface area contributed by atoms with E-state index in [0.29, 0.717) is 32.6 Å². The van der Waals surface area contributed by atoms with Crippen LogP contribution in [0.15, 0.2) is 46.0 Å². The van der Waals surface area contributed by atoms with Gasteiger partial charge in [-0.1, -0.05) is 50.9 Å². The van der Waals surface area contributed by atoms with Gasteiger partial charge in [-0.05, 0) is 50.2 Å². The van der Waals surface area contributed by atoms with E-state index in [2.05, 4.69) is 36.8 Å². The van der Waals surface area contributed by atoms with Gasteiger partial charge in [0.15, 0.2) is 11.0 Å². The lowest BCUT2D eigenvalue weighted by atomic mass is 10.2. The Morgan fingerprint density at radius 1 is 1.18 bits per heavy atom. The molecule has 2 amide bonds. The Hall–Kier alpha value is -2.14. The van der Waals surface area contributed by atoms with Crippen LogP contribution in [-0.4, -0.2) is 32.3 Å². The van der Waals surface area contributed by atoms with E-state index < -0.39 is 11.9 Å². The number of nitrogens with one attached hydrogen (secondary N) is 2. The first-order chi connectivity index (χ1) is 15.7. The standard InChI is InChI=1S/C21H19BrCl2FN5O2S/c1-3-30-19(11(2)26-20(32)12-4-6-14(23)15(24)8-12)28-29-21(30)33-10-18(31)27-17-7-5-13(22)9-16(17)25/h4-9,11H,3,10H2,1-2H3,(H,26,32)(H,27,31)/t11-/m0/s1. The molecule has 0 fully saturated rings. The zero-order chi connectivity index (χ0) is 24.1. The molecule has 0 saturated heterocycles. The van der Waals surface area contributed by atoms with Gasteiger partial charge in [0, 0.05) is 16.6 Å². The SMILES string of the molecule is CCn1c(SCC(=O)Nc2ccc(Br)cc2F)nnc1[C@H](C)NC(=O)c1ccc(Cl)c(Cl)c1. The number of hydrogen-bond acceptors (Lipinski definition) is 5. The quantitative estimate of drug-likeness (QED) is 0.335. The summed E-state index contributed by atoms with van der Waals surface area (Å²) in [4.78, 5) is 24.8. The Labute approximate surface area is 212 Å². The van der Waals surface area contributed by atoms with Crippen LogP contribution in [-0.2, 0) is 11.3 Å². The van der Waals surface area contributed by atoms with Crippen molar-refractivity contribution >= 4 is 68.4 Å². The molecule has 174 valence electrons. The lowest BCUT2D eigenvalue weighted by Gasteiger charge is -2.15. The second kappa shape index (κ2) is 11.3. The Balaban J connectivity index is 1.64. The van der Waals surface area contributed by atoms with Gasteiger partial charge in [0.25, 0.3) is 5.91 Å². The molecule has 0 saturated carbocycles. The van der Waals surface area contributed by atoms with Crippen LogP contribution in [0, 0.1) is 5.82 Å². The van der Waals surface area contributed by atoms with Gasteiger partial charge in [-0.3, -0.25) is 9.59 Å². The molecule has 1 atom stereocenters. The Morgan fingerprint density at radius 2 is 1.94 bits per heavy atom. The van der Waals surface area contributed by atoms with Crippen LogP contribution in [0.2, 0.25) is 10.0 Å². The van der Waals surface area contributed by atoms with E-state index in [1.807, 2.05) is 6.92 Å². The topological polar surface area (TPSA) is 88.9 Å². The number of hydrogen-bond donors (Lipinski definition) is 2. The first-order valence-corrected chi connectivity index (χ1v) is 12.3. The first-order valence-electron chi connectivity index (χ1n) is 9.76. The number of thioether (sulfide) groups is 1. The molecule has 0 radical (unpaired) electrons. The average Bonchev–Trinajstić information content (AvgIpc) is 3.19. The molecule has 2 aromatic carbocycles. The van der Waals surface area contributed by atoms with E-state index in [1.165, 1.54) is 30.0 Å². The minimum Gasteiger partial charge on any atom is -0.342 e. The van der Waals surface area contributed by atoms with Crippen LogP contribution in [0.1, 0.15) is 36.1 Å². The highest BCUT2D eigenvalue weighted by Gasteiger charge is 2.21. The van der Waals surface area contributed by atoms with Gasteiger partial charge in [-0.2, -0.15) is 0 Å². The van der Waals surface area contributed by atoms with E-state index in [-0.39, 0.29) is 28.3 Å². The molecule has 12 heteroatoms. The number of carbonyl (C=O) groups excluding carboxylic acids is 2. The largest absolute Gasteiger partial charge is 0.342 e. The lowest BCUT2D eigenvalue weighted by Crippen LogP contribution is -2.28. The van der Waals surface area contributed by atoms with Crippen molar-refractivity contribution in [1.29, 1.82) is 0 Å². The summed E-state index contributed by atoms with van der Waals surface area (Å²) in [7, 11) is 0. The molecule has 2 N–H and O–H groups in total. The number of nitrogens with zero attached hydrogens (tertiary/aromatic N) is 3. The van der Waals surface area contributed by atoms with Crippen LogP contribution in [0.5, 0.6) is 0 Å². The zero-order valence-electron chi connectivity index (χ0n) is 17.5. The van der Waals surface area contributed by atoms with Gasteiger partial charge >= 0.3 is 0 Å². The van der Waals surface area contributed by atoms with Crippen molar-refractivity contribution in [3.8, 4) is 0 Å². The molecular weight excluding hydrogens is 556 g/mol. The number of benzene rings is 2. The van der Waals surface area contributed by atoms with Gasteiger partial charge in [-0.15, -0.1) is 10.2 Å². The Bertz CT molecular complexity index is 1190. The summed E-state index contributed by atoms with van der Waals surface area (Å²) in [6.45, 7) is 4.21. The van der Waals surface area contributed by atoms with Crippen molar-refractivity contribution in [2.45, 2.75) is 31.6 Å². The molecule has 1 aromatic heterocycles. The number of anilines is 1. The summed E-state index contributed by atoms with van der Waals surface area (Å²) in [5, 5.41) is 14.9. The van der Waals surface area contributed by atoms with Crippen molar-refractivity contribution < 1.29 is 14.0 Å². The normalized spacial score (nSPS) is 11.8. The van der Waals surface area contributed by atoms with Crippen molar-refractivity contribution in [3.63, 3.8) is 0 Å². The van der Waals surface area contributed by atoms with E-state index in [1.54, 1.807) is 29.7 Å². The highest BCUT2D eigenvalue weighted by Crippen LogP contribution is 2.25. The fraction of sp³-hybridized carbons (Fsp3) is 0.238. The van der Waals surface area contributed by atoms with Crippen molar-refractivity contribution in [1.82, 2.24) is 20.1 Å². The third-order valence-electron chi connectivity index (χ3n) is 4.52. The van der Waals surface area contributed by atoms with Crippen LogP contribution in [0.25, 0.3) is 0 Å². The third kappa shape index (κ3) is 6.47. The van der Waals surface area contributed by atoms with E-state index >= 15 is 0 Å². The van der Waals surface area contributed by atoms with E-state index in [9.17, 15) is 14.0 Å². The molecule has 0 aliphatic heterocycles. The summed E-state index contributed by atoms with van der Waals surface area (Å²) < 4.78 is 16.3. The van der Waals surface area contributed by atoms with Crippen molar-refractivity contribution in [2.75, 3.05) is 11.1 Å². The highest BCUT2D eigenvalue weighted by atomic mass is 79.9. The molecule has 3 aromatic rings. The number of aromatic nitrogens is 3. The minimum atomic E-state index is -0.534. The third-order valence-corrected chi connectivity index (χ3v) is 6.71. The van der Waals surface area contributed by atoms with E-state index in [4.69, 9.17) is 23.2 Å². The van der Waals surface area contributed by atoms with Crippen LogP contribution in [0.3, 0.4) is 0 Å². The molecular formula is C21H19BrCl2FN5O2S. The van der Waals surface area contributed by atoms with Gasteiger partial charge in [0.2, 0.25) is 5.91 Å². The number of rotatable bonds is 8. The predicted molar refractivity (Wildman–Crippen MR) is 131 cm³/mol. The number of halogens is 4. The highest BCUT2D eigenvalue weighted by molar-refractivity contribution is 9.10. The van der Waals surface area contributed by atoms with Crippen molar-refractivity contribution in [3.05, 3.63) is 68.1 Å². The second-order valence-corrected chi connectivity index (χ2v) is 9.54. The predicted octanol–water partition coefficient (Wildman–Crippen LogP) is 5.73. The summed E-state index contributed by atoms with van der Waals surface area (Å²) in [6, 6.07) is 8.56. The first kappa shape index (κ1) is 25.5. The Kier molecular flexibility index (Phi) is 8.75. The molecule has 1 heterocycles. The lowest BCUT2D eigenvalue weighted by molar-refractivity contribution is -0.113. The molecule has 0 aliphatic rings. The summed E-state index contributed by atoms with van der Waals surface area (Å²) in [6.07, 6.45) is 0. The maximum absolute atomic E-state index is 13.9. The molecule has 0 spiro atoms. The second-order valence-electron chi connectivity index (χ2n) is 6.87. The maximum Gasteiger partial charge on any atom is 0.251 e. The fourth-order valence-electron chi connectivity index (χ4n) is 2.91. The Morgan fingerprint density at radius 3 is 2.61 bits per heavy atom. The summed E-state index contributed by atoms with van der Waals surface area (Å²) in [5.74, 6) is -0.704. The van der Waals surface area contributed by atoms with Gasteiger partial charge < -0.3 is 15.2 Å². The molecule has 33 heavy (non-hydrogen) atoms. The van der Waals surface area contributed by atoms with E-state index in [0.717, 1.165) is 0 Å². The molecule has 0 aliphatic carbocycles. The summed E-state index contributed by atoms with van der Waals surface area (Å²) in [5.41, 5.74) is 0.463. The maximum atomic E-state index is 13.9. The summed E-state index contributed by atoms with van der Waals surface area (Å²) >= 11 is 16.2. The molecule has 0 unspecified atom stereocenters. The van der Waals surface area contributed by atoms with Gasteiger partial charge in [0.05, 0.1) is 27.5 Å². The fourth-order valence-corrected chi connectivity index (χ4v) is 4.35. The van der Waals surface area contributed by atoms with Gasteiger partial charge in [0.1, 0.15) is 5.82 Å². The molecule has 7 nitrogen and oxygen atoms in total. The number of amides is 2.